The lowest BCUT2D eigenvalue weighted by molar-refractivity contribution is -0.125. The number of carbonyl (C=O) groups excluding carboxylic acids is 1. The molecular weight excluding hydrogens is 236 g/mol. The van der Waals surface area contributed by atoms with Crippen molar-refractivity contribution >= 4 is 5.91 Å². The van der Waals surface area contributed by atoms with Crippen molar-refractivity contribution in [3.63, 3.8) is 0 Å². The number of hydrogen-bond donors (Lipinski definition) is 2. The summed E-state index contributed by atoms with van der Waals surface area (Å²) in [5, 5.41) is 6.74. The van der Waals surface area contributed by atoms with Crippen LogP contribution in [0.2, 0.25) is 0 Å². The van der Waals surface area contributed by atoms with Crippen molar-refractivity contribution in [3.05, 3.63) is 0 Å². The third-order valence-electron chi connectivity index (χ3n) is 5.53. The van der Waals surface area contributed by atoms with E-state index in [0.29, 0.717) is 18.0 Å². The molecule has 0 aromatic heterocycles. The van der Waals surface area contributed by atoms with Gasteiger partial charge in [0.25, 0.3) is 0 Å². The van der Waals surface area contributed by atoms with Gasteiger partial charge in [0.05, 0.1) is 5.92 Å². The van der Waals surface area contributed by atoms with Gasteiger partial charge in [-0.15, -0.1) is 0 Å². The molecule has 3 nitrogen and oxygen atoms in total. The van der Waals surface area contributed by atoms with Gasteiger partial charge in [-0.3, -0.25) is 4.79 Å². The topological polar surface area (TPSA) is 41.1 Å². The van der Waals surface area contributed by atoms with Gasteiger partial charge in [0.2, 0.25) is 5.91 Å². The van der Waals surface area contributed by atoms with Crippen LogP contribution in [-0.4, -0.2) is 24.5 Å². The average Bonchev–Trinajstić information content (AvgIpc) is 3.01. The molecule has 108 valence electrons. The average molecular weight is 264 g/mol. The highest BCUT2D eigenvalue weighted by Gasteiger charge is 2.42. The number of carbonyl (C=O) groups is 1. The first-order valence-electron chi connectivity index (χ1n) is 8.26. The van der Waals surface area contributed by atoms with Gasteiger partial charge in [0.15, 0.2) is 0 Å². The lowest BCUT2D eigenvalue weighted by Crippen LogP contribution is -2.38. The van der Waals surface area contributed by atoms with Gasteiger partial charge in [-0.05, 0) is 43.9 Å². The fourth-order valence-corrected chi connectivity index (χ4v) is 4.47. The second-order valence-electron chi connectivity index (χ2n) is 7.11. The molecule has 2 bridgehead atoms. The van der Waals surface area contributed by atoms with E-state index < -0.39 is 0 Å². The van der Waals surface area contributed by atoms with Crippen molar-refractivity contribution in [3.8, 4) is 0 Å². The normalized spacial score (nSPS) is 41.4. The van der Waals surface area contributed by atoms with Gasteiger partial charge in [0, 0.05) is 18.6 Å². The second kappa shape index (κ2) is 5.82. The minimum atomic E-state index is 0.254. The molecule has 0 aromatic carbocycles. The van der Waals surface area contributed by atoms with E-state index in [1.807, 2.05) is 0 Å². The molecular formula is C16H28N2O. The molecule has 1 saturated carbocycles. The zero-order chi connectivity index (χ0) is 13.2. The molecule has 1 aliphatic carbocycles. The first-order valence-corrected chi connectivity index (χ1v) is 8.26. The molecule has 3 rings (SSSR count). The highest BCUT2D eigenvalue weighted by Crippen LogP contribution is 2.33. The molecule has 2 saturated heterocycles. The minimum Gasteiger partial charge on any atom is -0.356 e. The van der Waals surface area contributed by atoms with Crippen molar-refractivity contribution in [2.75, 3.05) is 6.54 Å². The predicted octanol–water partition coefficient (Wildman–Crippen LogP) is 2.46. The smallest absolute Gasteiger partial charge is 0.224 e. The monoisotopic (exact) mass is 264 g/mol. The van der Waals surface area contributed by atoms with Crippen LogP contribution in [0.25, 0.3) is 0 Å². The summed E-state index contributed by atoms with van der Waals surface area (Å²) in [7, 11) is 0. The fourth-order valence-electron chi connectivity index (χ4n) is 4.47. The number of hydrogen-bond acceptors (Lipinski definition) is 2. The molecule has 3 aliphatic rings. The summed E-state index contributed by atoms with van der Waals surface area (Å²) in [6, 6.07) is 1.10. The van der Waals surface area contributed by atoms with Gasteiger partial charge >= 0.3 is 0 Å². The van der Waals surface area contributed by atoms with Crippen LogP contribution in [0.3, 0.4) is 0 Å². The Bertz CT molecular complexity index is 331. The zero-order valence-electron chi connectivity index (χ0n) is 12.2. The maximum absolute atomic E-state index is 12.2. The molecule has 2 aliphatic heterocycles. The molecule has 2 N–H and O–H groups in total. The van der Waals surface area contributed by atoms with E-state index in [-0.39, 0.29) is 5.92 Å². The number of rotatable bonds is 4. The summed E-state index contributed by atoms with van der Waals surface area (Å²) >= 11 is 0. The first-order chi connectivity index (χ1) is 9.22. The number of fused-ring (bicyclic) bond motifs is 2. The minimum absolute atomic E-state index is 0.254. The van der Waals surface area contributed by atoms with E-state index in [0.717, 1.165) is 24.8 Å². The van der Waals surface area contributed by atoms with Crippen LogP contribution in [0.4, 0.5) is 0 Å². The molecule has 1 amide bonds. The van der Waals surface area contributed by atoms with Crippen LogP contribution in [0.1, 0.15) is 58.3 Å². The van der Waals surface area contributed by atoms with Crippen molar-refractivity contribution in [2.24, 2.45) is 17.8 Å². The Morgan fingerprint density at radius 3 is 2.79 bits per heavy atom. The van der Waals surface area contributed by atoms with Crippen molar-refractivity contribution in [1.29, 1.82) is 0 Å². The van der Waals surface area contributed by atoms with Gasteiger partial charge in [-0.25, -0.2) is 0 Å². The summed E-state index contributed by atoms with van der Waals surface area (Å²) in [5.74, 6) is 2.30. The van der Waals surface area contributed by atoms with Gasteiger partial charge in [0.1, 0.15) is 0 Å². The first kappa shape index (κ1) is 13.4. The van der Waals surface area contributed by atoms with Crippen LogP contribution in [-0.2, 0) is 4.79 Å². The lowest BCUT2D eigenvalue weighted by Gasteiger charge is -2.27. The Balaban J connectivity index is 1.37. The number of nitrogens with one attached hydrogen (secondary N) is 2. The molecule has 0 spiro atoms. The third-order valence-corrected chi connectivity index (χ3v) is 5.53. The van der Waals surface area contributed by atoms with Gasteiger partial charge in [-0.1, -0.05) is 26.2 Å². The maximum Gasteiger partial charge on any atom is 0.224 e. The Labute approximate surface area is 116 Å². The van der Waals surface area contributed by atoms with Crippen molar-refractivity contribution < 1.29 is 4.79 Å². The molecule has 19 heavy (non-hydrogen) atoms. The highest BCUT2D eigenvalue weighted by molar-refractivity contribution is 5.80. The number of amides is 1. The Morgan fingerprint density at radius 1 is 1.21 bits per heavy atom. The maximum atomic E-state index is 12.2. The molecule has 3 fully saturated rings. The van der Waals surface area contributed by atoms with Crippen LogP contribution in [0.15, 0.2) is 0 Å². The molecule has 0 radical (unpaired) electrons. The van der Waals surface area contributed by atoms with Gasteiger partial charge in [-0.2, -0.15) is 0 Å². The van der Waals surface area contributed by atoms with Crippen LogP contribution in [0, 0.1) is 17.8 Å². The predicted molar refractivity (Wildman–Crippen MR) is 76.8 cm³/mol. The molecule has 3 heteroatoms. The molecule has 5 atom stereocenters. The zero-order valence-corrected chi connectivity index (χ0v) is 12.2. The Morgan fingerprint density at radius 2 is 2.11 bits per heavy atom. The second-order valence-corrected chi connectivity index (χ2v) is 7.11. The SMILES string of the molecule is CC1CCCC(CCNC(=O)C2CC3CCC2N3)C1. The Kier molecular flexibility index (Phi) is 4.11. The van der Waals surface area contributed by atoms with E-state index in [2.05, 4.69) is 17.6 Å². The van der Waals surface area contributed by atoms with Crippen LogP contribution < -0.4 is 10.6 Å². The van der Waals surface area contributed by atoms with E-state index in [4.69, 9.17) is 0 Å². The largest absolute Gasteiger partial charge is 0.356 e. The molecule has 0 aromatic rings. The lowest BCUT2D eigenvalue weighted by atomic mass is 9.81. The third kappa shape index (κ3) is 3.13. The molecule has 5 unspecified atom stereocenters. The van der Waals surface area contributed by atoms with E-state index in [9.17, 15) is 4.79 Å². The summed E-state index contributed by atoms with van der Waals surface area (Å²) < 4.78 is 0. The van der Waals surface area contributed by atoms with Crippen molar-refractivity contribution in [2.45, 2.75) is 70.4 Å². The highest BCUT2D eigenvalue weighted by atomic mass is 16.1. The summed E-state index contributed by atoms with van der Waals surface area (Å²) in [6.07, 6.45) is 10.2. The van der Waals surface area contributed by atoms with E-state index in [1.165, 1.54) is 44.9 Å². The van der Waals surface area contributed by atoms with Crippen LogP contribution >= 0.6 is 0 Å². The summed E-state index contributed by atoms with van der Waals surface area (Å²) in [6.45, 7) is 3.26. The fraction of sp³-hybridized carbons (Fsp3) is 0.938. The summed E-state index contributed by atoms with van der Waals surface area (Å²) in [4.78, 5) is 12.2. The van der Waals surface area contributed by atoms with Crippen molar-refractivity contribution in [1.82, 2.24) is 10.6 Å². The van der Waals surface area contributed by atoms with E-state index >= 15 is 0 Å². The summed E-state index contributed by atoms with van der Waals surface area (Å²) in [5.41, 5.74) is 0. The standard InChI is InChI=1S/C16H28N2O/c1-11-3-2-4-12(9-11)7-8-17-16(19)14-10-13-5-6-15(14)18-13/h11-15,18H,2-10H2,1H3,(H,17,19). The quantitative estimate of drug-likeness (QED) is 0.819. The van der Waals surface area contributed by atoms with Crippen LogP contribution in [0.5, 0.6) is 0 Å². The molecule has 2 heterocycles. The van der Waals surface area contributed by atoms with E-state index in [1.54, 1.807) is 0 Å². The van der Waals surface area contributed by atoms with Gasteiger partial charge < -0.3 is 10.6 Å². The Hall–Kier alpha value is -0.570.